The Hall–Kier alpha value is -3.19. The highest BCUT2D eigenvalue weighted by molar-refractivity contribution is 5.97. The van der Waals surface area contributed by atoms with Crippen molar-refractivity contribution in [3.8, 4) is 11.5 Å². The van der Waals surface area contributed by atoms with Crippen LogP contribution in [0.25, 0.3) is 10.9 Å². The summed E-state index contributed by atoms with van der Waals surface area (Å²) < 4.78 is 25.1. The van der Waals surface area contributed by atoms with Crippen LogP contribution in [-0.2, 0) is 5.54 Å². The molecule has 1 aliphatic heterocycles. The molecule has 3 aromatic rings. The second-order valence-electron chi connectivity index (χ2n) is 9.50. The van der Waals surface area contributed by atoms with Gasteiger partial charge in [0.05, 0.1) is 18.2 Å². The highest BCUT2D eigenvalue weighted by atomic mass is 19.1. The summed E-state index contributed by atoms with van der Waals surface area (Å²) in [6.45, 7) is 2.75. The van der Waals surface area contributed by atoms with Crippen LogP contribution in [0.4, 0.5) is 4.39 Å². The third kappa shape index (κ3) is 4.32. The Labute approximate surface area is 199 Å². The lowest BCUT2D eigenvalue weighted by molar-refractivity contribution is 0.0929. The Bertz CT molecular complexity index is 1230. The number of likely N-dealkylation sites (tertiary alicyclic amines) is 1. The summed E-state index contributed by atoms with van der Waals surface area (Å²) in [4.78, 5) is 19.9. The van der Waals surface area contributed by atoms with Crippen LogP contribution in [0.2, 0.25) is 0 Å². The molecule has 2 aromatic carbocycles. The van der Waals surface area contributed by atoms with Crippen LogP contribution in [0.1, 0.15) is 40.7 Å². The van der Waals surface area contributed by atoms with Crippen LogP contribution in [-0.4, -0.2) is 55.3 Å². The molecule has 1 saturated heterocycles. The molecule has 7 heteroatoms. The van der Waals surface area contributed by atoms with Gasteiger partial charge in [0.15, 0.2) is 0 Å². The first-order valence-electron chi connectivity index (χ1n) is 11.7. The van der Waals surface area contributed by atoms with E-state index in [4.69, 9.17) is 9.47 Å². The number of benzene rings is 2. The number of alkyl halides is 1. The summed E-state index contributed by atoms with van der Waals surface area (Å²) in [5.74, 6) is 1.20. The van der Waals surface area contributed by atoms with E-state index >= 15 is 0 Å². The minimum absolute atomic E-state index is 0.0401. The van der Waals surface area contributed by atoms with Gasteiger partial charge >= 0.3 is 0 Å². The molecule has 5 rings (SSSR count). The summed E-state index contributed by atoms with van der Waals surface area (Å²) >= 11 is 0. The summed E-state index contributed by atoms with van der Waals surface area (Å²) in [5, 5.41) is 4.30. The number of likely N-dealkylation sites (N-methyl/N-ethyl adjacent to an activating group) is 1. The molecular weight excluding hydrogens is 433 g/mol. The van der Waals surface area contributed by atoms with Gasteiger partial charge in [-0.1, -0.05) is 12.1 Å². The van der Waals surface area contributed by atoms with Gasteiger partial charge in [0, 0.05) is 35.8 Å². The molecule has 1 amide bonds. The summed E-state index contributed by atoms with van der Waals surface area (Å²) in [7, 11) is 3.55. The maximum Gasteiger partial charge on any atom is 0.252 e. The van der Waals surface area contributed by atoms with Crippen molar-refractivity contribution >= 4 is 16.8 Å². The van der Waals surface area contributed by atoms with Gasteiger partial charge in [0.1, 0.15) is 24.3 Å². The quantitative estimate of drug-likeness (QED) is 0.563. The van der Waals surface area contributed by atoms with Crippen molar-refractivity contribution in [3.63, 3.8) is 0 Å². The van der Waals surface area contributed by atoms with Crippen LogP contribution in [0.5, 0.6) is 11.5 Å². The molecule has 2 aliphatic rings. The summed E-state index contributed by atoms with van der Waals surface area (Å²) in [6.07, 6.45) is 3.13. The Kier molecular flexibility index (Phi) is 5.90. The molecule has 2 heterocycles. The zero-order valence-corrected chi connectivity index (χ0v) is 19.8. The molecule has 2 atom stereocenters. The van der Waals surface area contributed by atoms with Gasteiger partial charge in [-0.2, -0.15) is 0 Å². The number of aryl methyl sites for hydroxylation is 1. The van der Waals surface area contributed by atoms with E-state index in [1.54, 1.807) is 19.4 Å². The van der Waals surface area contributed by atoms with E-state index < -0.39 is 11.7 Å². The van der Waals surface area contributed by atoms with Gasteiger partial charge in [0.2, 0.25) is 0 Å². The molecule has 178 valence electrons. The monoisotopic (exact) mass is 463 g/mol. The average Bonchev–Trinajstić information content (AvgIpc) is 3.54. The van der Waals surface area contributed by atoms with Gasteiger partial charge < -0.3 is 14.8 Å². The lowest BCUT2D eigenvalue weighted by Crippen LogP contribution is -2.35. The van der Waals surface area contributed by atoms with E-state index in [0.29, 0.717) is 30.9 Å². The number of methoxy groups -OCH3 is 1. The van der Waals surface area contributed by atoms with Gasteiger partial charge in [-0.25, -0.2) is 4.39 Å². The Morgan fingerprint density at radius 2 is 2.06 bits per heavy atom. The lowest BCUT2D eigenvalue weighted by Gasteiger charge is -2.22. The van der Waals surface area contributed by atoms with Crippen molar-refractivity contribution in [2.45, 2.75) is 43.9 Å². The van der Waals surface area contributed by atoms with E-state index in [0.717, 1.165) is 40.6 Å². The first-order chi connectivity index (χ1) is 16.4. The van der Waals surface area contributed by atoms with Gasteiger partial charge in [-0.3, -0.25) is 14.7 Å². The molecule has 1 N–H and O–H groups in total. The first-order valence-corrected chi connectivity index (χ1v) is 11.7. The molecule has 2 fully saturated rings. The highest BCUT2D eigenvalue weighted by Crippen LogP contribution is 2.49. The Balaban J connectivity index is 1.37. The number of halogens is 1. The number of pyridine rings is 1. The first kappa shape index (κ1) is 22.6. The number of carbonyl (C=O) groups is 1. The largest absolute Gasteiger partial charge is 0.497 e. The molecule has 6 nitrogen and oxygen atoms in total. The fraction of sp³-hybridized carbons (Fsp3) is 0.407. The van der Waals surface area contributed by atoms with Crippen molar-refractivity contribution < 1.29 is 18.7 Å². The number of carbonyl (C=O) groups excluding carboxylic acids is 1. The number of amides is 1. The number of aromatic nitrogens is 1. The van der Waals surface area contributed by atoms with Crippen molar-refractivity contribution in [1.29, 1.82) is 0 Å². The van der Waals surface area contributed by atoms with Crippen molar-refractivity contribution in [1.82, 2.24) is 15.2 Å². The van der Waals surface area contributed by atoms with Gasteiger partial charge in [0.25, 0.3) is 5.91 Å². The van der Waals surface area contributed by atoms with E-state index in [9.17, 15) is 9.18 Å². The predicted octanol–water partition coefficient (Wildman–Crippen LogP) is 4.39. The summed E-state index contributed by atoms with van der Waals surface area (Å²) in [5.41, 5.74) is 2.88. The predicted molar refractivity (Wildman–Crippen MR) is 129 cm³/mol. The number of nitrogens with zero attached hydrogens (tertiary/aromatic N) is 2. The SMILES string of the molecule is COc1cc(C2(NC(=O)c3cc(OC[C@@H]4C[C@@H](F)CN4C)ccc3C)CC2)c2cccnc2c1. The third-order valence-electron chi connectivity index (χ3n) is 7.08. The zero-order chi connectivity index (χ0) is 23.9. The Morgan fingerprint density at radius 3 is 2.76 bits per heavy atom. The van der Waals surface area contributed by atoms with Gasteiger partial charge in [-0.15, -0.1) is 0 Å². The fourth-order valence-corrected chi connectivity index (χ4v) is 4.88. The molecular formula is C27H30FN3O3. The molecule has 34 heavy (non-hydrogen) atoms. The molecule has 0 unspecified atom stereocenters. The standard InChI is InChI=1S/C27H30FN3O3/c1-17-6-7-20(34-16-19-11-18(28)15-31(19)2)12-23(17)26(32)30-27(8-9-27)24-13-21(33-3)14-25-22(24)5-4-10-29-25/h4-7,10,12-14,18-19H,8-9,11,15-16H2,1-3H3,(H,30,32)/t18-,19+/m1/s1. The normalized spacial score (nSPS) is 21.4. The number of fused-ring (bicyclic) bond motifs is 1. The minimum atomic E-state index is -0.810. The smallest absolute Gasteiger partial charge is 0.252 e. The maximum atomic E-state index is 13.7. The van der Waals surface area contributed by atoms with Crippen molar-refractivity contribution in [2.75, 3.05) is 27.3 Å². The molecule has 0 spiro atoms. The average molecular weight is 464 g/mol. The van der Waals surface area contributed by atoms with Crippen LogP contribution >= 0.6 is 0 Å². The van der Waals surface area contributed by atoms with E-state index in [1.807, 2.05) is 55.3 Å². The fourth-order valence-electron chi connectivity index (χ4n) is 4.88. The number of rotatable bonds is 7. The number of ether oxygens (including phenoxy) is 2. The number of nitrogens with one attached hydrogen (secondary N) is 1. The molecule has 1 saturated carbocycles. The third-order valence-corrected chi connectivity index (χ3v) is 7.08. The van der Waals surface area contributed by atoms with Crippen LogP contribution in [0, 0.1) is 6.92 Å². The summed E-state index contributed by atoms with van der Waals surface area (Å²) in [6, 6.07) is 13.4. The molecule has 1 aliphatic carbocycles. The van der Waals surface area contributed by atoms with Crippen LogP contribution < -0.4 is 14.8 Å². The molecule has 1 aromatic heterocycles. The van der Waals surface area contributed by atoms with E-state index in [-0.39, 0.29) is 11.9 Å². The van der Waals surface area contributed by atoms with Crippen LogP contribution in [0.15, 0.2) is 48.7 Å². The van der Waals surface area contributed by atoms with E-state index in [1.165, 1.54) is 0 Å². The van der Waals surface area contributed by atoms with Gasteiger partial charge in [-0.05, 0) is 68.6 Å². The second-order valence-corrected chi connectivity index (χ2v) is 9.50. The lowest BCUT2D eigenvalue weighted by atomic mass is 9.97. The zero-order valence-electron chi connectivity index (χ0n) is 19.8. The van der Waals surface area contributed by atoms with Crippen LogP contribution in [0.3, 0.4) is 0 Å². The molecule has 0 bridgehead atoms. The topological polar surface area (TPSA) is 63.7 Å². The highest BCUT2D eigenvalue weighted by Gasteiger charge is 2.47. The maximum absolute atomic E-state index is 13.7. The Morgan fingerprint density at radius 1 is 1.24 bits per heavy atom. The minimum Gasteiger partial charge on any atom is -0.497 e. The number of hydrogen-bond acceptors (Lipinski definition) is 5. The van der Waals surface area contributed by atoms with E-state index in [2.05, 4.69) is 10.3 Å². The van der Waals surface area contributed by atoms with Crippen molar-refractivity contribution in [2.24, 2.45) is 0 Å². The molecule has 0 radical (unpaired) electrons. The van der Waals surface area contributed by atoms with Crippen molar-refractivity contribution in [3.05, 3.63) is 65.4 Å². The number of hydrogen-bond donors (Lipinski definition) is 1. The second kappa shape index (κ2) is 8.87.